The smallest absolute Gasteiger partial charge is 0.234 e. The normalized spacial score (nSPS) is 10.1. The van der Waals surface area contributed by atoms with Crippen LogP contribution in [0.1, 0.15) is 11.1 Å². The molecule has 2 nitrogen and oxygen atoms in total. The maximum Gasteiger partial charge on any atom is 0.234 e. The Labute approximate surface area is 93.3 Å². The van der Waals surface area contributed by atoms with Gasteiger partial charge in [-0.2, -0.15) is 11.8 Å². The molecule has 0 bridgehead atoms. The SMILES string of the molecule is CSCC(=O)Nc1c(C)cc(F)cc1C. The van der Waals surface area contributed by atoms with Crippen LogP contribution in [-0.2, 0) is 4.79 Å². The first-order chi connectivity index (χ1) is 7.04. The molecule has 1 N–H and O–H groups in total. The van der Waals surface area contributed by atoms with Gasteiger partial charge in [0.15, 0.2) is 0 Å². The minimum Gasteiger partial charge on any atom is -0.325 e. The molecule has 4 heteroatoms. The van der Waals surface area contributed by atoms with Crippen LogP contribution >= 0.6 is 11.8 Å². The molecule has 0 aliphatic carbocycles. The number of thioether (sulfide) groups is 1. The Hall–Kier alpha value is -1.03. The number of carbonyl (C=O) groups excluding carboxylic acids is 1. The molecule has 0 fully saturated rings. The molecule has 0 radical (unpaired) electrons. The average Bonchev–Trinajstić information content (AvgIpc) is 2.11. The quantitative estimate of drug-likeness (QED) is 0.860. The van der Waals surface area contributed by atoms with E-state index in [1.807, 2.05) is 6.26 Å². The molecule has 0 aromatic heterocycles. The highest BCUT2D eigenvalue weighted by Gasteiger charge is 2.08. The number of amides is 1. The highest BCUT2D eigenvalue weighted by molar-refractivity contribution is 7.99. The molecule has 0 aliphatic rings. The van der Waals surface area contributed by atoms with E-state index < -0.39 is 0 Å². The zero-order chi connectivity index (χ0) is 11.4. The molecular weight excluding hydrogens is 213 g/mol. The Morgan fingerprint density at radius 3 is 2.40 bits per heavy atom. The van der Waals surface area contributed by atoms with Crippen LogP contribution in [0.4, 0.5) is 10.1 Å². The largest absolute Gasteiger partial charge is 0.325 e. The summed E-state index contributed by atoms with van der Waals surface area (Å²) in [4.78, 5) is 11.4. The Morgan fingerprint density at radius 2 is 1.93 bits per heavy atom. The second-order valence-corrected chi connectivity index (χ2v) is 4.26. The molecule has 1 aromatic carbocycles. The third kappa shape index (κ3) is 3.23. The van der Waals surface area contributed by atoms with Crippen molar-refractivity contribution in [1.82, 2.24) is 0 Å². The number of aryl methyl sites for hydroxylation is 2. The van der Waals surface area contributed by atoms with Crippen molar-refractivity contribution in [2.24, 2.45) is 0 Å². The van der Waals surface area contributed by atoms with Gasteiger partial charge in [-0.25, -0.2) is 4.39 Å². The van der Waals surface area contributed by atoms with Gasteiger partial charge in [-0.3, -0.25) is 4.79 Å². The van der Waals surface area contributed by atoms with E-state index in [0.717, 1.165) is 16.8 Å². The van der Waals surface area contributed by atoms with E-state index in [-0.39, 0.29) is 11.7 Å². The van der Waals surface area contributed by atoms with Gasteiger partial charge in [-0.15, -0.1) is 0 Å². The number of halogens is 1. The zero-order valence-corrected chi connectivity index (χ0v) is 9.87. The van der Waals surface area contributed by atoms with Crippen molar-refractivity contribution < 1.29 is 9.18 Å². The summed E-state index contributed by atoms with van der Waals surface area (Å²) in [6.45, 7) is 3.57. The Kier molecular flexibility index (Phi) is 4.15. The molecule has 1 amide bonds. The van der Waals surface area contributed by atoms with Crippen LogP contribution in [0.2, 0.25) is 0 Å². The van der Waals surface area contributed by atoms with Crippen molar-refractivity contribution >= 4 is 23.4 Å². The van der Waals surface area contributed by atoms with Gasteiger partial charge in [0.25, 0.3) is 0 Å². The maximum absolute atomic E-state index is 13.0. The third-order valence-electron chi connectivity index (χ3n) is 2.04. The fourth-order valence-electron chi connectivity index (χ4n) is 1.41. The third-order valence-corrected chi connectivity index (χ3v) is 2.59. The van der Waals surface area contributed by atoms with E-state index in [2.05, 4.69) is 5.32 Å². The van der Waals surface area contributed by atoms with E-state index in [1.165, 1.54) is 23.9 Å². The molecule has 0 unspecified atom stereocenters. The Morgan fingerprint density at radius 1 is 1.40 bits per heavy atom. The highest BCUT2D eigenvalue weighted by Crippen LogP contribution is 2.21. The topological polar surface area (TPSA) is 29.1 Å². The number of nitrogens with one attached hydrogen (secondary N) is 1. The van der Waals surface area contributed by atoms with Gasteiger partial charge in [-0.1, -0.05) is 0 Å². The molecule has 0 atom stereocenters. The number of hydrogen-bond acceptors (Lipinski definition) is 2. The lowest BCUT2D eigenvalue weighted by Crippen LogP contribution is -2.15. The summed E-state index contributed by atoms with van der Waals surface area (Å²) in [5.74, 6) is 0.0872. The van der Waals surface area contributed by atoms with Crippen LogP contribution in [0.3, 0.4) is 0 Å². The van der Waals surface area contributed by atoms with Crippen LogP contribution in [0.25, 0.3) is 0 Å². The van der Waals surface area contributed by atoms with E-state index in [0.29, 0.717) is 5.75 Å². The van der Waals surface area contributed by atoms with Gasteiger partial charge in [0, 0.05) is 5.69 Å². The lowest BCUT2D eigenvalue weighted by atomic mass is 10.1. The second kappa shape index (κ2) is 5.16. The maximum atomic E-state index is 13.0. The van der Waals surface area contributed by atoms with Crippen LogP contribution in [-0.4, -0.2) is 17.9 Å². The molecule has 0 saturated carbocycles. The van der Waals surface area contributed by atoms with Gasteiger partial charge in [-0.05, 0) is 43.4 Å². The Balaban J connectivity index is 2.90. The first-order valence-corrected chi connectivity index (χ1v) is 5.99. The van der Waals surface area contributed by atoms with Crippen molar-refractivity contribution in [1.29, 1.82) is 0 Å². The van der Waals surface area contributed by atoms with Crippen LogP contribution in [0.15, 0.2) is 12.1 Å². The number of benzene rings is 1. The van der Waals surface area contributed by atoms with Crippen molar-refractivity contribution in [3.05, 3.63) is 29.1 Å². The van der Waals surface area contributed by atoms with Crippen LogP contribution < -0.4 is 5.32 Å². The van der Waals surface area contributed by atoms with Crippen molar-refractivity contribution in [2.45, 2.75) is 13.8 Å². The first-order valence-electron chi connectivity index (χ1n) is 4.60. The predicted octanol–water partition coefficient (Wildman–Crippen LogP) is 2.74. The molecule has 0 heterocycles. The molecule has 1 aromatic rings. The van der Waals surface area contributed by atoms with E-state index in [4.69, 9.17) is 0 Å². The first kappa shape index (κ1) is 12.0. The lowest BCUT2D eigenvalue weighted by molar-refractivity contribution is -0.113. The summed E-state index contributed by atoms with van der Waals surface area (Å²) in [6.07, 6.45) is 1.87. The monoisotopic (exact) mass is 227 g/mol. The molecule has 82 valence electrons. The zero-order valence-electron chi connectivity index (χ0n) is 9.06. The second-order valence-electron chi connectivity index (χ2n) is 3.40. The summed E-state index contributed by atoms with van der Waals surface area (Å²) in [5.41, 5.74) is 2.22. The van der Waals surface area contributed by atoms with Crippen molar-refractivity contribution in [3.63, 3.8) is 0 Å². The van der Waals surface area contributed by atoms with Gasteiger partial charge in [0.1, 0.15) is 5.82 Å². The minimum atomic E-state index is -0.270. The average molecular weight is 227 g/mol. The lowest BCUT2D eigenvalue weighted by Gasteiger charge is -2.11. The fraction of sp³-hybridized carbons (Fsp3) is 0.364. The molecular formula is C11H14FNOS. The van der Waals surface area contributed by atoms with Gasteiger partial charge < -0.3 is 5.32 Å². The highest BCUT2D eigenvalue weighted by atomic mass is 32.2. The van der Waals surface area contributed by atoms with Gasteiger partial charge in [0.2, 0.25) is 5.91 Å². The minimum absolute atomic E-state index is 0.0553. The van der Waals surface area contributed by atoms with Gasteiger partial charge >= 0.3 is 0 Å². The summed E-state index contributed by atoms with van der Waals surface area (Å²) < 4.78 is 13.0. The molecule has 0 spiro atoms. The summed E-state index contributed by atoms with van der Waals surface area (Å²) in [5, 5.41) is 2.78. The molecule has 0 aliphatic heterocycles. The fourth-order valence-corrected chi connectivity index (χ4v) is 1.75. The van der Waals surface area contributed by atoms with Gasteiger partial charge in [0.05, 0.1) is 5.75 Å². The number of anilines is 1. The predicted molar refractivity (Wildman–Crippen MR) is 62.9 cm³/mol. The summed E-state index contributed by atoms with van der Waals surface area (Å²) in [6, 6.07) is 2.84. The molecule has 0 saturated heterocycles. The van der Waals surface area contributed by atoms with Crippen LogP contribution in [0, 0.1) is 19.7 Å². The summed E-state index contributed by atoms with van der Waals surface area (Å²) in [7, 11) is 0. The Bertz CT molecular complexity index is 356. The van der Waals surface area contributed by atoms with Crippen molar-refractivity contribution in [2.75, 3.05) is 17.3 Å². The van der Waals surface area contributed by atoms with E-state index >= 15 is 0 Å². The van der Waals surface area contributed by atoms with E-state index in [1.54, 1.807) is 13.8 Å². The van der Waals surface area contributed by atoms with Crippen molar-refractivity contribution in [3.8, 4) is 0 Å². The molecule has 15 heavy (non-hydrogen) atoms. The molecule has 1 rings (SSSR count). The number of rotatable bonds is 3. The number of carbonyl (C=O) groups is 1. The standard InChI is InChI=1S/C11H14FNOS/c1-7-4-9(12)5-8(2)11(7)13-10(14)6-15-3/h4-5H,6H2,1-3H3,(H,13,14). The number of hydrogen-bond donors (Lipinski definition) is 1. The van der Waals surface area contributed by atoms with E-state index in [9.17, 15) is 9.18 Å². The van der Waals surface area contributed by atoms with Crippen LogP contribution in [0.5, 0.6) is 0 Å². The summed E-state index contributed by atoms with van der Waals surface area (Å²) >= 11 is 1.46.